The number of piperidine rings is 2. The van der Waals surface area contributed by atoms with E-state index in [1.165, 1.54) is 24.8 Å². The van der Waals surface area contributed by atoms with Crippen molar-refractivity contribution >= 4 is 51.3 Å². The lowest BCUT2D eigenvalue weighted by Crippen LogP contribution is -2.41. The van der Waals surface area contributed by atoms with Crippen LogP contribution in [0.2, 0.25) is 0 Å². The molecule has 0 spiro atoms. The first kappa shape index (κ1) is 46.8. The summed E-state index contributed by atoms with van der Waals surface area (Å²) in [6, 6.07) is 34.6. The summed E-state index contributed by atoms with van der Waals surface area (Å²) in [6.07, 6.45) is 9.12. The molecule has 0 bridgehead atoms. The minimum absolute atomic E-state index is 0.00566. The minimum Gasteiger partial charge on any atom is -0.457 e. The van der Waals surface area contributed by atoms with Gasteiger partial charge in [0, 0.05) is 43.2 Å². The number of nitrogens with one attached hydrogen (secondary N) is 1. The largest absolute Gasteiger partial charge is 0.457 e. The van der Waals surface area contributed by atoms with Crippen LogP contribution in [-0.2, 0) is 14.4 Å². The summed E-state index contributed by atoms with van der Waals surface area (Å²) < 4.78 is 13.6. The number of benzene rings is 4. The summed E-state index contributed by atoms with van der Waals surface area (Å²) in [5, 5.41) is 13.5. The number of ketones is 1. The Morgan fingerprint density at radius 2 is 1.17 bits per heavy atom. The van der Waals surface area contributed by atoms with Gasteiger partial charge in [0.1, 0.15) is 58.8 Å². The monoisotopic (exact) mass is 924 g/mol. The average molecular weight is 925 g/mol. The van der Waals surface area contributed by atoms with Gasteiger partial charge in [0.25, 0.3) is 0 Å². The number of para-hydroxylation sites is 2. The predicted molar refractivity (Wildman–Crippen MR) is 265 cm³/mol. The average Bonchev–Trinajstić information content (AvgIpc) is 4.02. The summed E-state index contributed by atoms with van der Waals surface area (Å²) in [7, 11) is 0. The number of aromatic amines is 1. The number of ether oxygens (including phenoxy) is 2. The van der Waals surface area contributed by atoms with E-state index >= 15 is 0 Å². The molecular weight excluding hydrogens is 873 g/mol. The molecule has 2 aliphatic heterocycles. The second kappa shape index (κ2) is 21.7. The SMILES string of the molecule is C=CC(=O)N1CCCC(n2nc(-c3ccc(Oc4ccccc4)cc3)c3c(N)ncnc32)C1.C=CC(=O)N1CCC[C@H](C(C)=O)C1.Nc1ncnc2n[nH]c(-c3ccc(Oc4ccccc4)cc3)c12. The van der Waals surface area contributed by atoms with Crippen LogP contribution in [0.1, 0.15) is 38.6 Å². The first-order valence-electron chi connectivity index (χ1n) is 22.5. The molecule has 69 heavy (non-hydrogen) atoms. The second-order valence-electron chi connectivity index (χ2n) is 16.4. The molecule has 0 saturated carbocycles. The maximum Gasteiger partial charge on any atom is 0.246 e. The highest BCUT2D eigenvalue weighted by molar-refractivity contribution is 5.99. The van der Waals surface area contributed by atoms with Gasteiger partial charge in [-0.05, 0) is 118 Å². The first-order valence-corrected chi connectivity index (χ1v) is 22.5. The maximum atomic E-state index is 12.2. The Labute approximate surface area is 398 Å². The van der Waals surface area contributed by atoms with E-state index in [-0.39, 0.29) is 29.6 Å². The van der Waals surface area contributed by atoms with Crippen molar-refractivity contribution in [2.45, 2.75) is 38.6 Å². The zero-order chi connectivity index (χ0) is 48.3. The van der Waals surface area contributed by atoms with Gasteiger partial charge in [-0.2, -0.15) is 10.2 Å². The molecule has 17 nitrogen and oxygen atoms in total. The lowest BCUT2D eigenvalue weighted by atomic mass is 9.94. The number of likely N-dealkylation sites (tertiary alicyclic amines) is 2. The topological polar surface area (TPSA) is 226 Å². The molecule has 1 unspecified atom stereocenters. The lowest BCUT2D eigenvalue weighted by Gasteiger charge is -2.32. The summed E-state index contributed by atoms with van der Waals surface area (Å²) in [6.45, 7) is 11.2. The highest BCUT2D eigenvalue weighted by Gasteiger charge is 2.28. The van der Waals surface area contributed by atoms with Crippen molar-refractivity contribution in [2.24, 2.45) is 5.92 Å². The van der Waals surface area contributed by atoms with Crippen LogP contribution < -0.4 is 20.9 Å². The normalized spacial score (nSPS) is 15.5. The molecule has 2 aliphatic rings. The summed E-state index contributed by atoms with van der Waals surface area (Å²) in [5.41, 5.74) is 16.7. The Balaban J connectivity index is 0.000000154. The van der Waals surface area contributed by atoms with Gasteiger partial charge in [-0.1, -0.05) is 49.6 Å². The number of carbonyl (C=O) groups excluding carboxylic acids is 3. The number of nitrogen functional groups attached to an aromatic ring is 2. The number of amides is 2. The third kappa shape index (κ3) is 11.1. The third-order valence-corrected chi connectivity index (χ3v) is 11.8. The van der Waals surface area contributed by atoms with Crippen molar-refractivity contribution in [3.8, 4) is 45.5 Å². The minimum atomic E-state index is -0.0699. The molecule has 350 valence electrons. The number of nitrogens with two attached hydrogens (primary N) is 2. The summed E-state index contributed by atoms with van der Waals surface area (Å²) >= 11 is 0. The van der Waals surface area contributed by atoms with E-state index in [1.54, 1.807) is 16.7 Å². The van der Waals surface area contributed by atoms with Crippen LogP contribution in [0.25, 0.3) is 44.6 Å². The number of H-pyrrole nitrogens is 1. The van der Waals surface area contributed by atoms with Gasteiger partial charge in [0.05, 0.1) is 22.5 Å². The van der Waals surface area contributed by atoms with Crippen LogP contribution in [0.4, 0.5) is 11.6 Å². The lowest BCUT2D eigenvalue weighted by molar-refractivity contribution is -0.130. The molecule has 2 atom stereocenters. The fourth-order valence-electron chi connectivity index (χ4n) is 8.28. The van der Waals surface area contributed by atoms with Crippen molar-refractivity contribution in [3.63, 3.8) is 0 Å². The zero-order valence-electron chi connectivity index (χ0n) is 38.1. The molecule has 2 amide bonds. The number of hydrogen-bond acceptors (Lipinski definition) is 13. The van der Waals surface area contributed by atoms with Crippen molar-refractivity contribution in [1.82, 2.24) is 49.7 Å². The molecule has 10 rings (SSSR count). The molecule has 17 heteroatoms. The molecule has 5 N–H and O–H groups in total. The molecule has 2 saturated heterocycles. The molecule has 0 radical (unpaired) electrons. The van der Waals surface area contributed by atoms with Crippen LogP contribution in [0, 0.1) is 5.92 Å². The molecule has 4 aromatic carbocycles. The van der Waals surface area contributed by atoms with Crippen molar-refractivity contribution < 1.29 is 23.9 Å². The Morgan fingerprint density at radius 1 is 0.652 bits per heavy atom. The molecule has 8 aromatic rings. The third-order valence-electron chi connectivity index (χ3n) is 11.8. The summed E-state index contributed by atoms with van der Waals surface area (Å²) in [5.74, 6) is 3.92. The number of Topliss-reactive ketones (excluding diaryl/α,β-unsaturated/α-hetero) is 1. The van der Waals surface area contributed by atoms with Crippen LogP contribution in [0.5, 0.6) is 23.0 Å². The molecule has 6 heterocycles. The van der Waals surface area contributed by atoms with Gasteiger partial charge in [-0.15, -0.1) is 0 Å². The van der Waals surface area contributed by atoms with Crippen molar-refractivity contribution in [1.29, 1.82) is 0 Å². The number of nitrogens with zero attached hydrogens (tertiary/aromatic N) is 9. The van der Waals surface area contributed by atoms with E-state index in [2.05, 4.69) is 43.3 Å². The highest BCUT2D eigenvalue weighted by atomic mass is 16.5. The predicted octanol–water partition coefficient (Wildman–Crippen LogP) is 8.61. The Morgan fingerprint density at radius 3 is 1.75 bits per heavy atom. The van der Waals surface area contributed by atoms with Gasteiger partial charge in [-0.3, -0.25) is 19.5 Å². The molecule has 0 aliphatic carbocycles. The number of aromatic nitrogens is 8. The maximum absolute atomic E-state index is 12.2. The van der Waals surface area contributed by atoms with Crippen LogP contribution in [0.15, 0.2) is 147 Å². The summed E-state index contributed by atoms with van der Waals surface area (Å²) in [4.78, 5) is 54.8. The van der Waals surface area contributed by atoms with Crippen molar-refractivity contribution in [2.75, 3.05) is 37.6 Å². The van der Waals surface area contributed by atoms with Gasteiger partial charge >= 0.3 is 0 Å². The number of anilines is 2. The van der Waals surface area contributed by atoms with Crippen LogP contribution >= 0.6 is 0 Å². The van der Waals surface area contributed by atoms with Gasteiger partial charge < -0.3 is 30.7 Å². The van der Waals surface area contributed by atoms with E-state index in [0.29, 0.717) is 53.6 Å². The standard InChI is InChI=1S/C25H24N6O2.C17H13N5O.C10H15NO2/c1-2-21(32)30-14-6-7-18(15-30)31-25-22(24(26)27-16-28-25)23(29-31)17-10-12-20(13-11-17)33-19-8-4-3-5-9-19;18-16-14-15(21-22-17(14)20-10-19-16)11-6-8-13(9-7-11)23-12-4-2-1-3-5-12;1-3-10(13)11-6-4-5-9(7-11)8(2)12/h2-5,8-13,16,18H,1,6-7,14-15H2,(H2,26,27,28);1-10H,(H3,18,19,20,21,22);3,9H,1,4-7H2,2H3/t;;9-/m..0/s1. The number of fused-ring (bicyclic) bond motifs is 2. The second-order valence-corrected chi connectivity index (χ2v) is 16.4. The van der Waals surface area contributed by atoms with Gasteiger partial charge in [0.15, 0.2) is 11.3 Å². The van der Waals surface area contributed by atoms with Gasteiger partial charge in [0.2, 0.25) is 11.8 Å². The zero-order valence-corrected chi connectivity index (χ0v) is 38.1. The van der Waals surface area contributed by atoms with E-state index in [9.17, 15) is 14.4 Å². The molecule has 4 aromatic heterocycles. The van der Waals surface area contributed by atoms with E-state index < -0.39 is 0 Å². The van der Waals surface area contributed by atoms with Crippen molar-refractivity contribution in [3.05, 3.63) is 147 Å². The number of hydrogen-bond donors (Lipinski definition) is 3. The molecular formula is C52H52N12O5. The smallest absolute Gasteiger partial charge is 0.246 e. The van der Waals surface area contributed by atoms with Crippen LogP contribution in [-0.4, -0.2) is 93.5 Å². The fraction of sp³-hybridized carbons (Fsp3) is 0.212. The Bertz CT molecular complexity index is 3070. The van der Waals surface area contributed by atoms with E-state index in [0.717, 1.165) is 77.4 Å². The Kier molecular flexibility index (Phi) is 14.7. The quantitative estimate of drug-likeness (QED) is 0.109. The molecule has 2 fully saturated rings. The number of rotatable bonds is 10. The first-order chi connectivity index (χ1) is 33.6. The highest BCUT2D eigenvalue weighted by Crippen LogP contribution is 2.35. The van der Waals surface area contributed by atoms with Gasteiger partial charge in [-0.25, -0.2) is 24.6 Å². The fourth-order valence-corrected chi connectivity index (χ4v) is 8.28. The van der Waals surface area contributed by atoms with Crippen LogP contribution in [0.3, 0.4) is 0 Å². The van der Waals surface area contributed by atoms with E-state index in [1.807, 2.05) is 114 Å². The Hall–Kier alpha value is -8.73. The van der Waals surface area contributed by atoms with E-state index in [4.69, 9.17) is 26.0 Å². The number of carbonyl (C=O) groups is 3.